The van der Waals surface area contributed by atoms with Crippen LogP contribution in [-0.4, -0.2) is 29.6 Å². The van der Waals surface area contributed by atoms with Crippen LogP contribution < -0.4 is 5.32 Å². The first-order valence-corrected chi connectivity index (χ1v) is 8.69. The van der Waals surface area contributed by atoms with Crippen LogP contribution in [-0.2, 0) is 17.9 Å². The van der Waals surface area contributed by atoms with Crippen molar-refractivity contribution >= 4 is 5.91 Å². The molecule has 1 N–H and O–H groups in total. The molecule has 0 aromatic heterocycles. The highest BCUT2D eigenvalue weighted by Gasteiger charge is 2.41. The molecule has 3 rings (SSSR count). The lowest BCUT2D eigenvalue weighted by atomic mass is 9.87. The van der Waals surface area contributed by atoms with Crippen molar-refractivity contribution in [2.75, 3.05) is 6.54 Å². The average Bonchev–Trinajstić information content (AvgIpc) is 3.03. The van der Waals surface area contributed by atoms with Gasteiger partial charge in [-0.1, -0.05) is 38.1 Å². The number of benzene rings is 1. The lowest BCUT2D eigenvalue weighted by Crippen LogP contribution is -2.42. The molecule has 3 nitrogen and oxygen atoms in total. The summed E-state index contributed by atoms with van der Waals surface area (Å²) in [7, 11) is 0. The van der Waals surface area contributed by atoms with Gasteiger partial charge < -0.3 is 10.2 Å². The molecule has 1 heterocycles. The summed E-state index contributed by atoms with van der Waals surface area (Å²) in [6, 6.07) is 8.25. The number of alkyl halides is 1. The molecule has 2 unspecified atom stereocenters. The van der Waals surface area contributed by atoms with Crippen LogP contribution >= 0.6 is 0 Å². The zero-order chi connectivity index (χ0) is 16.4. The molecule has 1 aliphatic heterocycles. The van der Waals surface area contributed by atoms with Gasteiger partial charge in [-0.15, -0.1) is 0 Å². The van der Waals surface area contributed by atoms with Crippen LogP contribution in [0.15, 0.2) is 24.3 Å². The molecule has 126 valence electrons. The third-order valence-corrected chi connectivity index (χ3v) is 5.36. The fourth-order valence-electron chi connectivity index (χ4n) is 3.81. The first-order chi connectivity index (χ1) is 11.0. The Hall–Kier alpha value is -1.42. The van der Waals surface area contributed by atoms with Gasteiger partial charge in [-0.05, 0) is 35.8 Å². The number of halogens is 1. The molecule has 1 aromatic rings. The van der Waals surface area contributed by atoms with Gasteiger partial charge in [0.25, 0.3) is 0 Å². The smallest absolute Gasteiger partial charge is 0.222 e. The summed E-state index contributed by atoms with van der Waals surface area (Å²) in [6.07, 6.45) is 2.51. The van der Waals surface area contributed by atoms with Gasteiger partial charge in [0.2, 0.25) is 5.91 Å². The van der Waals surface area contributed by atoms with Gasteiger partial charge in [-0.2, -0.15) is 0 Å². The number of likely N-dealkylation sites (tertiary alicyclic amines) is 1. The first-order valence-electron chi connectivity index (χ1n) is 8.69. The van der Waals surface area contributed by atoms with E-state index in [1.807, 2.05) is 4.90 Å². The first kappa shape index (κ1) is 16.4. The largest absolute Gasteiger partial charge is 0.338 e. The number of nitrogens with one attached hydrogen (secondary N) is 1. The number of rotatable bonds is 5. The average molecular weight is 318 g/mol. The second-order valence-corrected chi connectivity index (χ2v) is 7.64. The molecule has 2 atom stereocenters. The van der Waals surface area contributed by atoms with Crippen molar-refractivity contribution < 1.29 is 9.18 Å². The Labute approximate surface area is 138 Å². The monoisotopic (exact) mass is 318 g/mol. The molecule has 0 bridgehead atoms. The number of nitrogens with zero attached hydrogens (tertiary/aromatic N) is 1. The summed E-state index contributed by atoms with van der Waals surface area (Å²) >= 11 is 0. The fourth-order valence-corrected chi connectivity index (χ4v) is 3.81. The molecular formula is C19H27FN2O. The van der Waals surface area contributed by atoms with E-state index < -0.39 is 6.17 Å². The molecule has 4 heteroatoms. The Morgan fingerprint density at radius 3 is 2.52 bits per heavy atom. The Balaban J connectivity index is 1.54. The zero-order valence-electron chi connectivity index (χ0n) is 14.1. The SMILES string of the molecule is CC1(C)CCC(F)C1NCc1ccc(CN2CCCC2=O)cc1. The zero-order valence-corrected chi connectivity index (χ0v) is 14.1. The lowest BCUT2D eigenvalue weighted by molar-refractivity contribution is -0.128. The number of carbonyl (C=O) groups excluding carboxylic acids is 1. The number of carbonyl (C=O) groups is 1. The third-order valence-electron chi connectivity index (χ3n) is 5.36. The topological polar surface area (TPSA) is 32.3 Å². The maximum absolute atomic E-state index is 14.0. The van der Waals surface area contributed by atoms with Crippen LogP contribution in [0.3, 0.4) is 0 Å². The Morgan fingerprint density at radius 1 is 1.26 bits per heavy atom. The molecular weight excluding hydrogens is 291 g/mol. The number of amides is 1. The predicted molar refractivity (Wildman–Crippen MR) is 89.6 cm³/mol. The molecule has 1 aliphatic carbocycles. The van der Waals surface area contributed by atoms with Crippen LogP contribution in [0.1, 0.15) is 50.7 Å². The molecule has 2 aliphatic rings. The summed E-state index contributed by atoms with van der Waals surface area (Å²) in [5.41, 5.74) is 2.35. The Morgan fingerprint density at radius 2 is 1.96 bits per heavy atom. The minimum absolute atomic E-state index is 0.0233. The van der Waals surface area contributed by atoms with Gasteiger partial charge in [-0.3, -0.25) is 4.79 Å². The molecule has 1 aromatic carbocycles. The lowest BCUT2D eigenvalue weighted by Gasteiger charge is -2.29. The maximum Gasteiger partial charge on any atom is 0.222 e. The van der Waals surface area contributed by atoms with Crippen LogP contribution in [0.5, 0.6) is 0 Å². The summed E-state index contributed by atoms with van der Waals surface area (Å²) in [4.78, 5) is 13.6. The van der Waals surface area contributed by atoms with Crippen molar-refractivity contribution in [2.24, 2.45) is 5.41 Å². The van der Waals surface area contributed by atoms with Crippen LogP contribution in [0, 0.1) is 5.41 Å². The van der Waals surface area contributed by atoms with E-state index in [1.165, 1.54) is 0 Å². The van der Waals surface area contributed by atoms with E-state index in [4.69, 9.17) is 0 Å². The third kappa shape index (κ3) is 3.74. The van der Waals surface area contributed by atoms with Gasteiger partial charge in [-0.25, -0.2) is 4.39 Å². The van der Waals surface area contributed by atoms with Crippen LogP contribution in [0.4, 0.5) is 4.39 Å². The molecule has 0 radical (unpaired) electrons. The van der Waals surface area contributed by atoms with Crippen molar-refractivity contribution in [3.05, 3.63) is 35.4 Å². The number of hydrogen-bond donors (Lipinski definition) is 1. The quantitative estimate of drug-likeness (QED) is 0.902. The Kier molecular flexibility index (Phi) is 4.72. The second kappa shape index (κ2) is 6.60. The van der Waals surface area contributed by atoms with Crippen molar-refractivity contribution in [3.8, 4) is 0 Å². The molecule has 2 fully saturated rings. The van der Waals surface area contributed by atoms with Gasteiger partial charge in [0.1, 0.15) is 6.17 Å². The molecule has 0 spiro atoms. The van der Waals surface area contributed by atoms with E-state index in [1.54, 1.807) is 0 Å². The molecule has 1 saturated carbocycles. The molecule has 1 amide bonds. The van der Waals surface area contributed by atoms with Crippen molar-refractivity contribution in [1.29, 1.82) is 0 Å². The van der Waals surface area contributed by atoms with E-state index in [0.29, 0.717) is 25.9 Å². The summed E-state index contributed by atoms with van der Waals surface area (Å²) in [5.74, 6) is 0.258. The summed E-state index contributed by atoms with van der Waals surface area (Å²) in [5, 5.41) is 3.40. The minimum atomic E-state index is -0.745. The normalized spacial score (nSPS) is 26.9. The molecule has 23 heavy (non-hydrogen) atoms. The van der Waals surface area contributed by atoms with Gasteiger partial charge >= 0.3 is 0 Å². The van der Waals surface area contributed by atoms with Gasteiger partial charge in [0.05, 0.1) is 0 Å². The van der Waals surface area contributed by atoms with Crippen LogP contribution in [0.25, 0.3) is 0 Å². The standard InChI is InChI=1S/C19H27FN2O/c1-19(2)10-9-16(20)18(19)21-12-14-5-7-15(8-6-14)13-22-11-3-4-17(22)23/h5-8,16,18,21H,3-4,9-13H2,1-2H3. The minimum Gasteiger partial charge on any atom is -0.338 e. The van der Waals surface area contributed by atoms with E-state index in [2.05, 4.69) is 43.4 Å². The van der Waals surface area contributed by atoms with Crippen molar-refractivity contribution in [1.82, 2.24) is 10.2 Å². The Bertz CT molecular complexity index is 555. The molecule has 1 saturated heterocycles. The summed E-state index contributed by atoms with van der Waals surface area (Å²) in [6.45, 7) is 6.55. The van der Waals surface area contributed by atoms with E-state index in [-0.39, 0.29) is 17.4 Å². The van der Waals surface area contributed by atoms with Crippen molar-refractivity contribution in [2.45, 2.75) is 64.8 Å². The second-order valence-electron chi connectivity index (χ2n) is 7.64. The van der Waals surface area contributed by atoms with Crippen LogP contribution in [0.2, 0.25) is 0 Å². The maximum atomic E-state index is 14.0. The van der Waals surface area contributed by atoms with Gasteiger partial charge in [0, 0.05) is 32.1 Å². The summed E-state index contributed by atoms with van der Waals surface area (Å²) < 4.78 is 14.0. The van der Waals surface area contributed by atoms with Crippen molar-refractivity contribution in [3.63, 3.8) is 0 Å². The predicted octanol–water partition coefficient (Wildman–Crippen LogP) is 3.43. The fraction of sp³-hybridized carbons (Fsp3) is 0.632. The van der Waals surface area contributed by atoms with E-state index in [0.717, 1.165) is 30.5 Å². The van der Waals surface area contributed by atoms with Gasteiger partial charge in [0.15, 0.2) is 0 Å². The highest BCUT2D eigenvalue weighted by atomic mass is 19.1. The highest BCUT2D eigenvalue weighted by Crippen LogP contribution is 2.39. The van der Waals surface area contributed by atoms with E-state index in [9.17, 15) is 9.18 Å². The highest BCUT2D eigenvalue weighted by molar-refractivity contribution is 5.78. The van der Waals surface area contributed by atoms with E-state index >= 15 is 0 Å². The number of hydrogen-bond acceptors (Lipinski definition) is 2.